The summed E-state index contributed by atoms with van der Waals surface area (Å²) in [6.07, 6.45) is 0. The van der Waals surface area contributed by atoms with Crippen molar-refractivity contribution in [3.05, 3.63) is 35.6 Å². The van der Waals surface area contributed by atoms with Gasteiger partial charge in [-0.25, -0.2) is 9.18 Å². The minimum Gasteiger partial charge on any atom is -0.475 e. The molecule has 3 nitrogen and oxygen atoms in total. The quantitative estimate of drug-likeness (QED) is 0.415. The molecule has 0 unspecified atom stereocenters. The molecule has 1 N–H and O–H groups in total. The highest BCUT2D eigenvalue weighted by Crippen LogP contribution is 2.03. The van der Waals surface area contributed by atoms with Crippen molar-refractivity contribution >= 4 is 11.8 Å². The van der Waals surface area contributed by atoms with Gasteiger partial charge in [-0.2, -0.15) is 0 Å². The average molecular weight is 174 g/mol. The molecule has 0 fully saturated rings. The summed E-state index contributed by atoms with van der Waals surface area (Å²) in [7, 11) is 0. The van der Waals surface area contributed by atoms with Gasteiger partial charge in [-0.1, -0.05) is 0 Å². The summed E-state index contributed by atoms with van der Waals surface area (Å²) in [6.45, 7) is 0. The van der Waals surface area contributed by atoms with Crippen LogP contribution in [0.4, 0.5) is 4.39 Å². The molecule has 1 aromatic carbocycles. The molecule has 4 heteroatoms. The Kier molecular flexibility index (Phi) is 1.13. The van der Waals surface area contributed by atoms with Crippen molar-refractivity contribution in [2.24, 2.45) is 0 Å². The van der Waals surface area contributed by atoms with Crippen molar-refractivity contribution in [3.8, 4) is 0 Å². The topological polar surface area (TPSA) is 54.4 Å². The number of benzene rings is 1. The van der Waals surface area contributed by atoms with Gasteiger partial charge >= 0.3 is 5.97 Å². The van der Waals surface area contributed by atoms with Gasteiger partial charge in [0.25, 0.3) is 5.78 Å². The van der Waals surface area contributed by atoms with Crippen molar-refractivity contribution in [2.45, 2.75) is 0 Å². The summed E-state index contributed by atoms with van der Waals surface area (Å²) in [5, 5.41) is 8.40. The summed E-state index contributed by atoms with van der Waals surface area (Å²) in [5.74, 6) is -4.94. The summed E-state index contributed by atoms with van der Waals surface area (Å²) >= 11 is 0. The predicted octanol–water partition coefficient (Wildman–Crippen LogP) is 1.09. The Balaban J connectivity index is 3.64. The third-order valence-corrected chi connectivity index (χ3v) is 1.02. The molecule has 0 bridgehead atoms. The van der Waals surface area contributed by atoms with E-state index >= 15 is 0 Å². The van der Waals surface area contributed by atoms with Crippen molar-refractivity contribution in [2.75, 3.05) is 0 Å². The molecule has 1 rings (SSSR count). The monoisotopic (exact) mass is 174 g/mol. The molecule has 0 aliphatic rings. The molecule has 1 aromatic rings. The first kappa shape index (κ1) is 4.35. The number of aliphatic carboxylic acids is 1. The summed E-state index contributed by atoms with van der Waals surface area (Å²) in [6, 6.07) is -4.12. The maximum atomic E-state index is 13.0. The summed E-state index contributed by atoms with van der Waals surface area (Å²) in [5.41, 5.74) is -0.941. The molecule has 0 aliphatic heterocycles. The van der Waals surface area contributed by atoms with Crippen LogP contribution in [-0.2, 0) is 4.79 Å². The van der Waals surface area contributed by atoms with E-state index in [9.17, 15) is 14.0 Å². The van der Waals surface area contributed by atoms with Crippen LogP contribution < -0.4 is 0 Å². The van der Waals surface area contributed by atoms with E-state index in [0.717, 1.165) is 0 Å². The van der Waals surface area contributed by atoms with E-state index in [1.54, 1.807) is 0 Å². The number of rotatable bonds is 2. The first-order valence-corrected chi connectivity index (χ1v) is 2.82. The molecule has 0 aliphatic carbocycles. The average Bonchev–Trinajstić information content (AvgIpc) is 2.23. The number of ketones is 1. The molecule has 0 spiro atoms. The van der Waals surface area contributed by atoms with Crippen molar-refractivity contribution in [3.63, 3.8) is 0 Å². The van der Waals surface area contributed by atoms with Crippen molar-refractivity contribution < 1.29 is 24.6 Å². The van der Waals surface area contributed by atoms with Crippen LogP contribution in [0.15, 0.2) is 24.2 Å². The predicted molar refractivity (Wildman–Crippen MR) is 38.4 cm³/mol. The Bertz CT molecular complexity index is 472. The molecule has 12 heavy (non-hydrogen) atoms. The fourth-order valence-electron chi connectivity index (χ4n) is 0.518. The fourth-order valence-corrected chi connectivity index (χ4v) is 0.518. The van der Waals surface area contributed by atoms with Crippen LogP contribution in [0.1, 0.15) is 15.8 Å². The number of carboxylic acids is 1. The van der Waals surface area contributed by atoms with E-state index in [4.69, 9.17) is 10.6 Å². The second-order valence-corrected chi connectivity index (χ2v) is 1.82. The molecular formula is C8H5FO3. The van der Waals surface area contributed by atoms with E-state index < -0.39 is 47.3 Å². The fraction of sp³-hybridized carbons (Fsp3) is 0. The summed E-state index contributed by atoms with van der Waals surface area (Å²) in [4.78, 5) is 21.5. The minimum atomic E-state index is -1.92. The maximum absolute atomic E-state index is 13.0. The van der Waals surface area contributed by atoms with Gasteiger partial charge in [0.2, 0.25) is 0 Å². The Labute approximate surface area is 73.1 Å². The SMILES string of the molecule is [2H]c1c([2H])c([13C](=O)[13C](=O)O)c([2H])c([2H])c1F. The second-order valence-electron chi connectivity index (χ2n) is 1.82. The van der Waals surface area contributed by atoms with E-state index in [1.807, 2.05) is 0 Å². The first-order valence-electron chi connectivity index (χ1n) is 4.82. The minimum absolute atomic E-state index is 0.941. The third-order valence-electron chi connectivity index (χ3n) is 1.02. The molecule has 0 saturated carbocycles. The molecule has 0 heterocycles. The molecule has 0 saturated heterocycles. The molecule has 0 radical (unpaired) electrons. The van der Waals surface area contributed by atoms with Gasteiger partial charge in [-0.05, 0) is 24.2 Å². The van der Waals surface area contributed by atoms with Crippen LogP contribution in [0.3, 0.4) is 0 Å². The van der Waals surface area contributed by atoms with Crippen molar-refractivity contribution in [1.29, 1.82) is 0 Å². The van der Waals surface area contributed by atoms with Crippen LogP contribution in [-0.4, -0.2) is 16.9 Å². The lowest BCUT2D eigenvalue weighted by molar-refractivity contribution is -0.131. The number of halogens is 1. The number of Topliss-reactive ketones (excluding diaryl/α,β-unsaturated/α-hetero) is 1. The number of carbonyl (C=O) groups excluding carboxylic acids is 1. The van der Waals surface area contributed by atoms with Crippen molar-refractivity contribution in [1.82, 2.24) is 0 Å². The Morgan fingerprint density at radius 2 is 1.83 bits per heavy atom. The van der Waals surface area contributed by atoms with E-state index in [0.29, 0.717) is 0 Å². The van der Waals surface area contributed by atoms with Gasteiger partial charge in [0.1, 0.15) is 5.82 Å². The van der Waals surface area contributed by atoms with Gasteiger partial charge < -0.3 is 5.11 Å². The third kappa shape index (κ3) is 1.66. The number of hydrogen-bond donors (Lipinski definition) is 1. The van der Waals surface area contributed by atoms with Gasteiger partial charge in [0.15, 0.2) is 0 Å². The highest BCUT2D eigenvalue weighted by molar-refractivity contribution is 6.39. The van der Waals surface area contributed by atoms with Crippen LogP contribution >= 0.6 is 0 Å². The van der Waals surface area contributed by atoms with Gasteiger partial charge in [0, 0.05) is 5.56 Å². The normalized spacial score (nSPS) is 14.1. The van der Waals surface area contributed by atoms with Crippen LogP contribution in [0.5, 0.6) is 0 Å². The maximum Gasteiger partial charge on any atom is 0.377 e. The molecule has 0 aromatic heterocycles. The highest BCUT2D eigenvalue weighted by Gasteiger charge is 2.13. The standard InChI is InChI=1S/C8H5FO3/c9-6-3-1-5(2-4-6)7(10)8(11)12/h1-4H,(H,11,12)/i1D,2D,3D,4D,7+1,8+1. The Hall–Kier alpha value is -1.71. The number of carbonyl (C=O) groups is 2. The summed E-state index contributed by atoms with van der Waals surface area (Å²) < 4.78 is 41.5. The molecule has 62 valence electrons. The zero-order chi connectivity index (χ0) is 12.6. The van der Waals surface area contributed by atoms with E-state index in [-0.39, 0.29) is 0 Å². The van der Waals surface area contributed by atoms with Gasteiger partial charge in [0.05, 0.1) is 5.48 Å². The Morgan fingerprint density at radius 1 is 1.33 bits per heavy atom. The zero-order valence-corrected chi connectivity index (χ0v) is 5.64. The van der Waals surface area contributed by atoms with Gasteiger partial charge in [-0.15, -0.1) is 0 Å². The number of carboxylic acid groups (broad SMARTS) is 1. The molecular weight excluding hydrogens is 165 g/mol. The van der Waals surface area contributed by atoms with Gasteiger partial charge in [-0.3, -0.25) is 4.79 Å². The van der Waals surface area contributed by atoms with E-state index in [2.05, 4.69) is 0 Å². The molecule has 0 amide bonds. The lowest BCUT2D eigenvalue weighted by atomic mass is 10.3. The van der Waals surface area contributed by atoms with Crippen LogP contribution in [0, 0.1) is 5.82 Å². The first-order chi connectivity index (χ1) is 7.29. The van der Waals surface area contributed by atoms with Crippen LogP contribution in [0.25, 0.3) is 0 Å². The largest absolute Gasteiger partial charge is 0.475 e. The van der Waals surface area contributed by atoms with E-state index in [1.165, 1.54) is 0 Å². The lowest BCUT2D eigenvalue weighted by Crippen LogP contribution is -2.12. The zero-order valence-electron chi connectivity index (χ0n) is 9.64. The highest BCUT2D eigenvalue weighted by atomic mass is 19.1. The lowest BCUT2D eigenvalue weighted by Gasteiger charge is -1.93. The molecule has 0 atom stereocenters. The van der Waals surface area contributed by atoms with Crippen LogP contribution in [0.2, 0.25) is 0 Å². The number of hydrogen-bond acceptors (Lipinski definition) is 2. The Morgan fingerprint density at radius 3 is 2.25 bits per heavy atom. The second kappa shape index (κ2) is 3.13. The smallest absolute Gasteiger partial charge is 0.377 e.